The van der Waals surface area contributed by atoms with Gasteiger partial charge in [-0.2, -0.15) is 0 Å². The van der Waals surface area contributed by atoms with E-state index >= 15 is 0 Å². The fourth-order valence-corrected chi connectivity index (χ4v) is 4.47. The van der Waals surface area contributed by atoms with Crippen molar-refractivity contribution in [2.75, 3.05) is 6.54 Å². The molecule has 2 heterocycles. The molecule has 1 saturated heterocycles. The van der Waals surface area contributed by atoms with Gasteiger partial charge in [-0.15, -0.1) is 10.2 Å². The topological polar surface area (TPSA) is 62.4 Å². The van der Waals surface area contributed by atoms with E-state index in [-0.39, 0.29) is 6.10 Å². The second-order valence-corrected chi connectivity index (χ2v) is 7.54. The van der Waals surface area contributed by atoms with Gasteiger partial charge < -0.3 is 9.52 Å². The van der Waals surface area contributed by atoms with Crippen LogP contribution >= 0.6 is 0 Å². The Labute approximate surface area is 149 Å². The Kier molecular flexibility index (Phi) is 5.13. The van der Waals surface area contributed by atoms with Crippen LogP contribution in [0.15, 0.2) is 34.7 Å². The van der Waals surface area contributed by atoms with Gasteiger partial charge in [0.15, 0.2) is 0 Å². The van der Waals surface area contributed by atoms with Crippen LogP contribution in [0.1, 0.15) is 55.9 Å². The summed E-state index contributed by atoms with van der Waals surface area (Å²) in [5, 5.41) is 18.6. The van der Waals surface area contributed by atoms with Crippen molar-refractivity contribution < 1.29 is 9.52 Å². The number of benzene rings is 1. The third-order valence-corrected chi connectivity index (χ3v) is 5.67. The van der Waals surface area contributed by atoms with Crippen LogP contribution in [0, 0.1) is 5.92 Å². The number of likely N-dealkylation sites (tertiary alicyclic amines) is 1. The van der Waals surface area contributed by atoms with Crippen LogP contribution in [0.3, 0.4) is 0 Å². The van der Waals surface area contributed by atoms with Gasteiger partial charge in [0.1, 0.15) is 0 Å². The first-order chi connectivity index (χ1) is 12.3. The maximum absolute atomic E-state index is 10.2. The molecule has 0 radical (unpaired) electrons. The molecule has 1 saturated carbocycles. The molecule has 4 rings (SSSR count). The van der Waals surface area contributed by atoms with Crippen LogP contribution in [0.2, 0.25) is 0 Å². The summed E-state index contributed by atoms with van der Waals surface area (Å²) < 4.78 is 5.87. The molecule has 134 valence electrons. The van der Waals surface area contributed by atoms with Crippen molar-refractivity contribution in [2.45, 2.75) is 63.6 Å². The first-order valence-corrected chi connectivity index (χ1v) is 9.55. The minimum atomic E-state index is -0.223. The third kappa shape index (κ3) is 4.10. The Balaban J connectivity index is 1.40. The maximum atomic E-state index is 10.2. The molecule has 5 nitrogen and oxygen atoms in total. The molecule has 25 heavy (non-hydrogen) atoms. The van der Waals surface area contributed by atoms with E-state index in [1.165, 1.54) is 37.7 Å². The van der Waals surface area contributed by atoms with Crippen LogP contribution in [0.4, 0.5) is 0 Å². The van der Waals surface area contributed by atoms with Crippen molar-refractivity contribution in [1.82, 2.24) is 15.1 Å². The van der Waals surface area contributed by atoms with E-state index in [4.69, 9.17) is 4.42 Å². The van der Waals surface area contributed by atoms with Gasteiger partial charge >= 0.3 is 0 Å². The van der Waals surface area contributed by atoms with Crippen LogP contribution in [-0.4, -0.2) is 38.9 Å². The number of β-amino-alcohol motifs (C(OH)–C–C–N with tert-alkyl or cyclic N) is 1. The summed E-state index contributed by atoms with van der Waals surface area (Å²) in [4.78, 5) is 2.36. The lowest BCUT2D eigenvalue weighted by Crippen LogP contribution is -2.36. The molecule has 2 aliphatic rings. The summed E-state index contributed by atoms with van der Waals surface area (Å²) >= 11 is 0. The van der Waals surface area contributed by atoms with E-state index in [1.54, 1.807) is 0 Å². The molecule has 1 N–H and O–H groups in total. The standard InChI is InChI=1S/C20H27N3O2/c24-17-12-18(16-9-5-2-6-10-16)23(13-17)14-20-22-21-19(25-20)11-15-7-3-1-4-8-15/h1,3-4,7-8,16-18,24H,2,5-6,9-14H2. The van der Waals surface area contributed by atoms with Crippen molar-refractivity contribution in [1.29, 1.82) is 0 Å². The highest BCUT2D eigenvalue weighted by Gasteiger charge is 2.37. The van der Waals surface area contributed by atoms with Crippen LogP contribution in [0.25, 0.3) is 0 Å². The number of aliphatic hydroxyl groups is 1. The lowest BCUT2D eigenvalue weighted by Gasteiger charge is -2.33. The van der Waals surface area contributed by atoms with Crippen molar-refractivity contribution in [2.24, 2.45) is 5.92 Å². The Hall–Kier alpha value is -1.72. The quantitative estimate of drug-likeness (QED) is 0.905. The number of hydrogen-bond acceptors (Lipinski definition) is 5. The molecular weight excluding hydrogens is 314 g/mol. The van der Waals surface area contributed by atoms with Crippen molar-refractivity contribution >= 4 is 0 Å². The van der Waals surface area contributed by atoms with E-state index < -0.39 is 0 Å². The second kappa shape index (κ2) is 7.67. The molecular formula is C20H27N3O2. The third-order valence-electron chi connectivity index (χ3n) is 5.67. The summed E-state index contributed by atoms with van der Waals surface area (Å²) in [5.74, 6) is 2.04. The van der Waals surface area contributed by atoms with Gasteiger partial charge in [0, 0.05) is 12.6 Å². The predicted octanol–water partition coefficient (Wildman–Crippen LogP) is 3.18. The normalized spacial score (nSPS) is 25.5. The Morgan fingerprint density at radius 1 is 1.04 bits per heavy atom. The predicted molar refractivity (Wildman–Crippen MR) is 94.9 cm³/mol. The molecule has 2 aromatic rings. The zero-order chi connectivity index (χ0) is 17.1. The van der Waals surface area contributed by atoms with Crippen LogP contribution in [-0.2, 0) is 13.0 Å². The number of nitrogens with zero attached hydrogens (tertiary/aromatic N) is 3. The summed E-state index contributed by atoms with van der Waals surface area (Å²) in [6.45, 7) is 1.37. The molecule has 1 aromatic carbocycles. The Morgan fingerprint density at radius 2 is 1.80 bits per heavy atom. The fraction of sp³-hybridized carbons (Fsp3) is 0.600. The first kappa shape index (κ1) is 16.7. The van der Waals surface area contributed by atoms with Crippen molar-refractivity contribution in [3.05, 3.63) is 47.7 Å². The second-order valence-electron chi connectivity index (χ2n) is 7.54. The number of rotatable bonds is 5. The Bertz CT molecular complexity index is 667. The molecule has 5 heteroatoms. The lowest BCUT2D eigenvalue weighted by molar-refractivity contribution is 0.136. The molecule has 0 spiro atoms. The molecule has 1 aliphatic carbocycles. The average molecular weight is 341 g/mol. The van der Waals surface area contributed by atoms with E-state index in [1.807, 2.05) is 18.2 Å². The monoisotopic (exact) mass is 341 g/mol. The highest BCUT2D eigenvalue weighted by atomic mass is 16.4. The minimum Gasteiger partial charge on any atom is -0.424 e. The average Bonchev–Trinajstić information content (AvgIpc) is 3.23. The largest absolute Gasteiger partial charge is 0.424 e. The first-order valence-electron chi connectivity index (χ1n) is 9.55. The number of hydrogen-bond donors (Lipinski definition) is 1. The summed E-state index contributed by atoms with van der Waals surface area (Å²) in [6, 6.07) is 10.6. The van der Waals surface area contributed by atoms with E-state index in [2.05, 4.69) is 27.2 Å². The fourth-order valence-electron chi connectivity index (χ4n) is 4.47. The molecule has 1 aromatic heterocycles. The SMILES string of the molecule is OC1CC(C2CCCCC2)N(Cc2nnc(Cc3ccccc3)o2)C1. The molecule has 1 aliphatic heterocycles. The van der Waals surface area contributed by atoms with Gasteiger partial charge in [-0.1, -0.05) is 49.6 Å². The zero-order valence-corrected chi connectivity index (χ0v) is 14.7. The van der Waals surface area contributed by atoms with Gasteiger partial charge in [-0.05, 0) is 30.7 Å². The van der Waals surface area contributed by atoms with E-state index in [0.717, 1.165) is 13.0 Å². The zero-order valence-electron chi connectivity index (χ0n) is 14.7. The smallest absolute Gasteiger partial charge is 0.230 e. The molecule has 2 atom stereocenters. The van der Waals surface area contributed by atoms with Crippen molar-refractivity contribution in [3.8, 4) is 0 Å². The summed E-state index contributed by atoms with van der Waals surface area (Å²) in [5.41, 5.74) is 1.18. The number of aromatic nitrogens is 2. The van der Waals surface area contributed by atoms with Gasteiger partial charge in [0.2, 0.25) is 11.8 Å². The van der Waals surface area contributed by atoms with Gasteiger partial charge in [0.25, 0.3) is 0 Å². The number of aliphatic hydroxyl groups excluding tert-OH is 1. The molecule has 2 fully saturated rings. The van der Waals surface area contributed by atoms with Gasteiger partial charge in [-0.3, -0.25) is 4.90 Å². The highest BCUT2D eigenvalue weighted by molar-refractivity contribution is 5.17. The van der Waals surface area contributed by atoms with Gasteiger partial charge in [-0.25, -0.2) is 0 Å². The van der Waals surface area contributed by atoms with Crippen LogP contribution in [0.5, 0.6) is 0 Å². The maximum Gasteiger partial charge on any atom is 0.230 e. The summed E-state index contributed by atoms with van der Waals surface area (Å²) in [6.07, 6.45) is 7.92. The van der Waals surface area contributed by atoms with Crippen LogP contribution < -0.4 is 0 Å². The summed E-state index contributed by atoms with van der Waals surface area (Å²) in [7, 11) is 0. The van der Waals surface area contributed by atoms with E-state index in [9.17, 15) is 5.11 Å². The van der Waals surface area contributed by atoms with Gasteiger partial charge in [0.05, 0.1) is 19.1 Å². The highest BCUT2D eigenvalue weighted by Crippen LogP contribution is 2.35. The Morgan fingerprint density at radius 3 is 2.60 bits per heavy atom. The molecule has 0 bridgehead atoms. The van der Waals surface area contributed by atoms with E-state index in [0.29, 0.717) is 36.7 Å². The molecule has 0 amide bonds. The lowest BCUT2D eigenvalue weighted by atomic mass is 9.83. The van der Waals surface area contributed by atoms with Crippen molar-refractivity contribution in [3.63, 3.8) is 0 Å². The minimum absolute atomic E-state index is 0.223. The molecule has 2 unspecified atom stereocenters.